The number of hydrogen-bond acceptors (Lipinski definition) is 5. The Kier molecular flexibility index (Phi) is 5.65. The average Bonchev–Trinajstić information content (AvgIpc) is 3.50. The lowest BCUT2D eigenvalue weighted by atomic mass is 9.75. The van der Waals surface area contributed by atoms with Crippen molar-refractivity contribution in [1.82, 2.24) is 24.3 Å². The molecule has 0 saturated heterocycles. The summed E-state index contributed by atoms with van der Waals surface area (Å²) < 4.78 is 36.6. The number of aryl methyl sites for hydroxylation is 2. The molecule has 0 amide bonds. The van der Waals surface area contributed by atoms with Crippen LogP contribution in [0.1, 0.15) is 41.3 Å². The van der Waals surface area contributed by atoms with Crippen LogP contribution in [0, 0.1) is 29.9 Å². The molecule has 35 heavy (non-hydrogen) atoms. The first kappa shape index (κ1) is 22.5. The molecular weight excluding hydrogens is 450 g/mol. The van der Waals surface area contributed by atoms with Crippen LogP contribution in [0.25, 0.3) is 17.8 Å². The maximum Gasteiger partial charge on any atom is 0.174 e. The van der Waals surface area contributed by atoms with Gasteiger partial charge in [-0.15, -0.1) is 0 Å². The summed E-state index contributed by atoms with van der Waals surface area (Å²) in [4.78, 5) is 8.87. The van der Waals surface area contributed by atoms with Crippen LogP contribution in [0.4, 0.5) is 8.78 Å². The largest absolute Gasteiger partial charge is 0.495 e. The van der Waals surface area contributed by atoms with Crippen LogP contribution in [0.15, 0.2) is 48.9 Å². The van der Waals surface area contributed by atoms with Gasteiger partial charge in [-0.3, -0.25) is 0 Å². The van der Waals surface area contributed by atoms with Crippen molar-refractivity contribution in [2.75, 3.05) is 7.11 Å². The van der Waals surface area contributed by atoms with Gasteiger partial charge < -0.3 is 9.30 Å². The topological polar surface area (TPSA) is 81.5 Å². The van der Waals surface area contributed by atoms with Crippen molar-refractivity contribution in [3.63, 3.8) is 0 Å². The monoisotopic (exact) mass is 472 g/mol. The molecule has 0 bridgehead atoms. The van der Waals surface area contributed by atoms with E-state index in [1.165, 1.54) is 6.07 Å². The molecule has 9 heteroatoms. The Morgan fingerprint density at radius 2 is 2.00 bits per heavy atom. The molecule has 2 aromatic carbocycles. The van der Waals surface area contributed by atoms with E-state index in [-0.39, 0.29) is 0 Å². The van der Waals surface area contributed by atoms with Crippen molar-refractivity contribution in [2.24, 2.45) is 0 Å². The predicted octanol–water partition coefficient (Wildman–Crippen LogP) is 4.83. The van der Waals surface area contributed by atoms with Gasteiger partial charge in [-0.05, 0) is 61.2 Å². The molecule has 1 aliphatic rings. The Balaban J connectivity index is 1.47. The smallest absolute Gasteiger partial charge is 0.174 e. The van der Waals surface area contributed by atoms with Gasteiger partial charge >= 0.3 is 0 Å². The minimum absolute atomic E-state index is 0.373. The highest BCUT2D eigenvalue weighted by Gasteiger charge is 2.42. The van der Waals surface area contributed by atoms with Crippen molar-refractivity contribution < 1.29 is 13.5 Å². The van der Waals surface area contributed by atoms with Gasteiger partial charge in [0.05, 0.1) is 30.9 Å². The van der Waals surface area contributed by atoms with E-state index in [0.717, 1.165) is 29.1 Å². The summed E-state index contributed by atoms with van der Waals surface area (Å²) in [5.74, 6) is -0.398. The van der Waals surface area contributed by atoms with Crippen molar-refractivity contribution in [2.45, 2.75) is 31.7 Å². The first-order valence-electron chi connectivity index (χ1n) is 11.1. The molecule has 0 saturated carbocycles. The molecule has 5 rings (SSSR count). The molecule has 0 radical (unpaired) electrons. The lowest BCUT2D eigenvalue weighted by molar-refractivity contribution is 0.390. The third kappa shape index (κ3) is 3.97. The summed E-state index contributed by atoms with van der Waals surface area (Å²) in [6.45, 7) is 2.52. The molecule has 4 aromatic rings. The van der Waals surface area contributed by atoms with Gasteiger partial charge in [0, 0.05) is 12.7 Å². The Morgan fingerprint density at radius 3 is 2.71 bits per heavy atom. The third-order valence-corrected chi connectivity index (χ3v) is 6.21. The van der Waals surface area contributed by atoms with Gasteiger partial charge in [0.15, 0.2) is 23.3 Å². The van der Waals surface area contributed by atoms with Crippen LogP contribution in [0.3, 0.4) is 0 Å². The minimum Gasteiger partial charge on any atom is -0.495 e. The molecule has 0 fully saturated rings. The number of benzene rings is 2. The second-order valence-corrected chi connectivity index (χ2v) is 8.45. The zero-order valence-corrected chi connectivity index (χ0v) is 19.2. The molecule has 176 valence electrons. The molecule has 0 N–H and O–H groups in total. The van der Waals surface area contributed by atoms with E-state index in [2.05, 4.69) is 21.1 Å². The lowest BCUT2D eigenvalue weighted by Gasteiger charge is -2.30. The third-order valence-electron chi connectivity index (χ3n) is 6.21. The highest BCUT2D eigenvalue weighted by Crippen LogP contribution is 2.39. The van der Waals surface area contributed by atoms with Gasteiger partial charge in [0.25, 0.3) is 0 Å². The number of nitrogens with zero attached hydrogens (tertiary/aromatic N) is 6. The summed E-state index contributed by atoms with van der Waals surface area (Å²) >= 11 is 0. The number of rotatable bonds is 5. The Bertz CT molecular complexity index is 1480. The number of nitriles is 1. The predicted molar refractivity (Wildman–Crippen MR) is 126 cm³/mol. The number of aromatic nitrogens is 5. The van der Waals surface area contributed by atoms with Crippen molar-refractivity contribution in [3.05, 3.63) is 89.0 Å². The maximum atomic E-state index is 14.0. The number of ether oxygens (including phenoxy) is 1. The van der Waals surface area contributed by atoms with E-state index in [0.29, 0.717) is 42.3 Å². The van der Waals surface area contributed by atoms with Gasteiger partial charge in [-0.2, -0.15) is 10.4 Å². The van der Waals surface area contributed by atoms with E-state index in [1.807, 2.05) is 42.0 Å². The molecule has 0 spiro atoms. The zero-order valence-electron chi connectivity index (χ0n) is 19.2. The molecule has 1 unspecified atom stereocenters. The van der Waals surface area contributed by atoms with Gasteiger partial charge in [-0.25, -0.2) is 23.4 Å². The van der Waals surface area contributed by atoms with Crippen LogP contribution < -0.4 is 4.74 Å². The van der Waals surface area contributed by atoms with E-state index in [1.54, 1.807) is 24.2 Å². The Labute approximate surface area is 200 Å². The minimum atomic E-state index is -1.19. The number of hydrogen-bond donors (Lipinski definition) is 0. The molecular formula is C26H22F2N6O. The van der Waals surface area contributed by atoms with Crippen molar-refractivity contribution in [3.8, 4) is 17.5 Å². The van der Waals surface area contributed by atoms with E-state index >= 15 is 0 Å². The fourth-order valence-electron chi connectivity index (χ4n) is 4.45. The fraction of sp³-hybridized carbons (Fsp3) is 0.231. The number of methoxy groups -OCH3 is 1. The maximum absolute atomic E-state index is 14.0. The number of halogens is 2. The lowest BCUT2D eigenvalue weighted by Crippen LogP contribution is -2.34. The van der Waals surface area contributed by atoms with Gasteiger partial charge in [0.2, 0.25) is 0 Å². The van der Waals surface area contributed by atoms with Crippen molar-refractivity contribution >= 4 is 12.2 Å². The van der Waals surface area contributed by atoms with Gasteiger partial charge in [-0.1, -0.05) is 18.2 Å². The second kappa shape index (κ2) is 8.80. The SMILES string of the molecule is COc1cc(/C=C/c2nc3n(n2)CCCC3(C#N)c2ccc(F)c(F)c2)ccc1-n1cnc(C)c1. The first-order chi connectivity index (χ1) is 16.9. The average molecular weight is 472 g/mol. The Hall–Kier alpha value is -4.32. The standard InChI is InChI=1S/C26H22F2N6O/c1-17-14-33(16-30-17)22-8-4-18(12-23(22)35-2)5-9-24-31-25-26(15-29,10-3-11-34(25)32-24)19-6-7-20(27)21(28)13-19/h4-9,12-14,16H,3,10-11H2,1-2H3/b9-5+. The summed E-state index contributed by atoms with van der Waals surface area (Å²) in [5, 5.41) is 14.7. The highest BCUT2D eigenvalue weighted by atomic mass is 19.2. The second-order valence-electron chi connectivity index (χ2n) is 8.45. The first-order valence-corrected chi connectivity index (χ1v) is 11.1. The highest BCUT2D eigenvalue weighted by molar-refractivity contribution is 5.69. The fourth-order valence-corrected chi connectivity index (χ4v) is 4.45. The van der Waals surface area contributed by atoms with Crippen LogP contribution in [0.5, 0.6) is 5.75 Å². The van der Waals surface area contributed by atoms with Crippen molar-refractivity contribution in [1.29, 1.82) is 5.26 Å². The number of fused-ring (bicyclic) bond motifs is 1. The summed E-state index contributed by atoms with van der Waals surface area (Å²) in [7, 11) is 1.61. The Morgan fingerprint density at radius 1 is 1.14 bits per heavy atom. The summed E-state index contributed by atoms with van der Waals surface area (Å²) in [5.41, 5.74) is 1.83. The zero-order chi connectivity index (χ0) is 24.6. The molecule has 2 aromatic heterocycles. The van der Waals surface area contributed by atoms with Crippen LogP contribution in [-0.2, 0) is 12.0 Å². The van der Waals surface area contributed by atoms with E-state index in [9.17, 15) is 14.0 Å². The quantitative estimate of drug-likeness (QED) is 0.416. The molecule has 1 atom stereocenters. The van der Waals surface area contributed by atoms with E-state index in [4.69, 9.17) is 4.74 Å². The molecule has 7 nitrogen and oxygen atoms in total. The van der Waals surface area contributed by atoms with Gasteiger partial charge in [0.1, 0.15) is 11.2 Å². The van der Waals surface area contributed by atoms with E-state index < -0.39 is 17.0 Å². The number of imidazole rings is 1. The normalized spacial score (nSPS) is 17.3. The molecule has 0 aliphatic carbocycles. The molecule has 1 aliphatic heterocycles. The van der Waals surface area contributed by atoms with Crippen LogP contribution in [0.2, 0.25) is 0 Å². The summed E-state index contributed by atoms with van der Waals surface area (Å²) in [6, 6.07) is 11.6. The summed E-state index contributed by atoms with van der Waals surface area (Å²) in [6.07, 6.45) is 8.38. The van der Waals surface area contributed by atoms with Crippen LogP contribution >= 0.6 is 0 Å². The van der Waals surface area contributed by atoms with Crippen LogP contribution in [-0.4, -0.2) is 31.4 Å². The molecule has 3 heterocycles.